The van der Waals surface area contributed by atoms with Crippen molar-refractivity contribution in [2.24, 2.45) is 11.8 Å². The zero-order chi connectivity index (χ0) is 13.0. The van der Waals surface area contributed by atoms with Gasteiger partial charge in [0, 0.05) is 12.7 Å². The molecule has 1 saturated carbocycles. The van der Waals surface area contributed by atoms with Crippen LogP contribution in [0.2, 0.25) is 0 Å². The Morgan fingerprint density at radius 2 is 2.28 bits per heavy atom. The number of benzene rings is 1. The van der Waals surface area contributed by atoms with E-state index in [1.165, 1.54) is 18.9 Å². The van der Waals surface area contributed by atoms with Gasteiger partial charge >= 0.3 is 0 Å². The molecule has 0 radical (unpaired) electrons. The van der Waals surface area contributed by atoms with Gasteiger partial charge in [0.05, 0.1) is 11.5 Å². The molecule has 0 atom stereocenters. The Hall–Kier alpha value is -1.66. The summed E-state index contributed by atoms with van der Waals surface area (Å²) in [5.41, 5.74) is 3.50. The van der Waals surface area contributed by atoms with Gasteiger partial charge in [-0.1, -0.05) is 12.8 Å². The molecule has 98 valence electrons. The molecule has 1 fully saturated rings. The van der Waals surface area contributed by atoms with Gasteiger partial charge in [-0.15, -0.1) is 0 Å². The van der Waals surface area contributed by atoms with Crippen LogP contribution in [0.5, 0.6) is 0 Å². The largest absolute Gasteiger partial charge is 0.377 e. The van der Waals surface area contributed by atoms with Gasteiger partial charge < -0.3 is 10.2 Å². The van der Waals surface area contributed by atoms with Gasteiger partial charge in [0.1, 0.15) is 5.69 Å². The van der Waals surface area contributed by atoms with Gasteiger partial charge in [0.2, 0.25) is 0 Å². The molecule has 18 heavy (non-hydrogen) atoms. The van der Waals surface area contributed by atoms with Crippen LogP contribution in [0.4, 0.5) is 11.4 Å². The molecule has 1 aliphatic carbocycles. The number of nitrogens with zero attached hydrogens (tertiary/aromatic N) is 1. The van der Waals surface area contributed by atoms with Gasteiger partial charge in [-0.2, -0.15) is 0 Å². The van der Waals surface area contributed by atoms with Gasteiger partial charge in [-0.25, -0.2) is 0 Å². The highest BCUT2D eigenvalue weighted by molar-refractivity contribution is 5.61. The molecule has 1 aromatic rings. The molecule has 0 unspecified atom stereocenters. The summed E-state index contributed by atoms with van der Waals surface area (Å²) in [5.74, 6) is 6.11. The molecule has 1 aliphatic rings. The number of nitrogens with two attached hydrogens (primary N) is 1. The number of nitro benzene ring substituents is 1. The average molecular weight is 251 g/mol. The van der Waals surface area contributed by atoms with E-state index in [1.807, 2.05) is 0 Å². The number of nitrogens with one attached hydrogen (secondary N) is 1. The van der Waals surface area contributed by atoms with Crippen molar-refractivity contribution in [1.82, 2.24) is 0 Å². The van der Waals surface area contributed by atoms with Gasteiger partial charge in [0.25, 0.3) is 5.69 Å². The standard InChI is InChI=1S/C12H17N3O3/c13-14-11-7-10(3-4-12(11)15(16)17)8-18-6-5-9-1-2-9/h3-4,7,9,14H,1-2,5-6,8,13H2. The number of anilines is 1. The van der Waals surface area contributed by atoms with Crippen LogP contribution in [0.25, 0.3) is 0 Å². The van der Waals surface area contributed by atoms with Crippen LogP contribution >= 0.6 is 0 Å². The van der Waals surface area contributed by atoms with Crippen molar-refractivity contribution >= 4 is 11.4 Å². The summed E-state index contributed by atoms with van der Waals surface area (Å²) >= 11 is 0. The van der Waals surface area contributed by atoms with Crippen LogP contribution in [0.15, 0.2) is 18.2 Å². The molecule has 0 aliphatic heterocycles. The van der Waals surface area contributed by atoms with Crippen molar-refractivity contribution in [3.63, 3.8) is 0 Å². The van der Waals surface area contributed by atoms with E-state index < -0.39 is 4.92 Å². The third kappa shape index (κ3) is 3.41. The second kappa shape index (κ2) is 5.79. The second-order valence-electron chi connectivity index (χ2n) is 4.54. The topological polar surface area (TPSA) is 90.4 Å². The fraction of sp³-hybridized carbons (Fsp3) is 0.500. The molecule has 1 aromatic carbocycles. The first kappa shape index (κ1) is 12.8. The number of hydrazine groups is 1. The minimum absolute atomic E-state index is 0.0285. The molecule has 0 saturated heterocycles. The number of nitrogen functional groups attached to an aromatic ring is 1. The van der Waals surface area contributed by atoms with E-state index >= 15 is 0 Å². The normalized spacial score (nSPS) is 14.5. The van der Waals surface area contributed by atoms with E-state index in [-0.39, 0.29) is 5.69 Å². The fourth-order valence-electron chi connectivity index (χ4n) is 1.79. The maximum absolute atomic E-state index is 10.7. The Bertz CT molecular complexity index is 433. The zero-order valence-electron chi connectivity index (χ0n) is 10.1. The molecular formula is C12H17N3O3. The van der Waals surface area contributed by atoms with Crippen LogP contribution in [-0.4, -0.2) is 11.5 Å². The summed E-state index contributed by atoms with van der Waals surface area (Å²) in [6.45, 7) is 1.20. The average Bonchev–Trinajstić information content (AvgIpc) is 3.18. The smallest absolute Gasteiger partial charge is 0.293 e. The Morgan fingerprint density at radius 3 is 2.89 bits per heavy atom. The van der Waals surface area contributed by atoms with Gasteiger partial charge in [-0.05, 0) is 30.0 Å². The Morgan fingerprint density at radius 1 is 1.50 bits per heavy atom. The van der Waals surface area contributed by atoms with E-state index in [0.717, 1.165) is 24.5 Å². The minimum Gasteiger partial charge on any atom is -0.377 e. The van der Waals surface area contributed by atoms with Crippen molar-refractivity contribution in [3.05, 3.63) is 33.9 Å². The monoisotopic (exact) mass is 251 g/mol. The molecule has 6 heteroatoms. The highest BCUT2D eigenvalue weighted by atomic mass is 16.6. The van der Waals surface area contributed by atoms with Crippen LogP contribution in [-0.2, 0) is 11.3 Å². The predicted molar refractivity (Wildman–Crippen MR) is 67.9 cm³/mol. The SMILES string of the molecule is NNc1cc(COCCC2CC2)ccc1[N+](=O)[O-]. The molecule has 6 nitrogen and oxygen atoms in total. The number of rotatable bonds is 7. The van der Waals surface area contributed by atoms with E-state index in [4.69, 9.17) is 10.6 Å². The van der Waals surface area contributed by atoms with Crippen molar-refractivity contribution in [3.8, 4) is 0 Å². The summed E-state index contributed by atoms with van der Waals surface area (Å²) in [4.78, 5) is 10.2. The Kier molecular flexibility index (Phi) is 4.11. The van der Waals surface area contributed by atoms with Crippen LogP contribution in [0.1, 0.15) is 24.8 Å². The van der Waals surface area contributed by atoms with Crippen LogP contribution in [0, 0.1) is 16.0 Å². The van der Waals surface area contributed by atoms with Crippen molar-refractivity contribution in [2.45, 2.75) is 25.9 Å². The van der Waals surface area contributed by atoms with Crippen molar-refractivity contribution in [1.29, 1.82) is 0 Å². The van der Waals surface area contributed by atoms with Crippen LogP contribution < -0.4 is 11.3 Å². The van der Waals surface area contributed by atoms with E-state index in [9.17, 15) is 10.1 Å². The first-order valence-corrected chi connectivity index (χ1v) is 6.02. The molecule has 0 aromatic heterocycles. The third-order valence-corrected chi connectivity index (χ3v) is 3.05. The number of nitro groups is 1. The lowest BCUT2D eigenvalue weighted by atomic mass is 10.2. The molecule has 0 bridgehead atoms. The Labute approximate surface area is 105 Å². The molecule has 0 heterocycles. The summed E-state index contributed by atoms with van der Waals surface area (Å²) in [6, 6.07) is 4.78. The summed E-state index contributed by atoms with van der Waals surface area (Å²) in [5, 5.41) is 10.7. The number of hydrogen-bond acceptors (Lipinski definition) is 5. The van der Waals surface area contributed by atoms with Crippen molar-refractivity contribution < 1.29 is 9.66 Å². The van der Waals surface area contributed by atoms with E-state index in [1.54, 1.807) is 12.1 Å². The number of ether oxygens (including phenoxy) is 1. The van der Waals surface area contributed by atoms with Crippen LogP contribution in [0.3, 0.4) is 0 Å². The van der Waals surface area contributed by atoms with Gasteiger partial charge in [0.15, 0.2) is 0 Å². The summed E-state index contributed by atoms with van der Waals surface area (Å²) in [6.07, 6.45) is 3.75. The molecule has 0 spiro atoms. The summed E-state index contributed by atoms with van der Waals surface area (Å²) < 4.78 is 5.53. The third-order valence-electron chi connectivity index (χ3n) is 3.05. The first-order valence-electron chi connectivity index (χ1n) is 6.02. The highest BCUT2D eigenvalue weighted by Gasteiger charge is 2.20. The van der Waals surface area contributed by atoms with E-state index in [2.05, 4.69) is 5.43 Å². The molecular weight excluding hydrogens is 234 g/mol. The highest BCUT2D eigenvalue weighted by Crippen LogP contribution is 2.32. The predicted octanol–water partition coefficient (Wildman–Crippen LogP) is 2.20. The molecule has 0 amide bonds. The van der Waals surface area contributed by atoms with E-state index in [0.29, 0.717) is 12.3 Å². The molecule has 3 N–H and O–H groups in total. The fourth-order valence-corrected chi connectivity index (χ4v) is 1.79. The van der Waals surface area contributed by atoms with Gasteiger partial charge in [-0.3, -0.25) is 16.0 Å². The quantitative estimate of drug-likeness (QED) is 0.335. The lowest BCUT2D eigenvalue weighted by Crippen LogP contribution is -2.09. The van der Waals surface area contributed by atoms with Crippen molar-refractivity contribution in [2.75, 3.05) is 12.0 Å². The lowest BCUT2D eigenvalue weighted by molar-refractivity contribution is -0.384. The minimum atomic E-state index is -0.465. The number of hydrogen-bond donors (Lipinski definition) is 2. The first-order chi connectivity index (χ1) is 8.70. The Balaban J connectivity index is 1.89. The molecule has 2 rings (SSSR count). The maximum Gasteiger partial charge on any atom is 0.293 e. The summed E-state index contributed by atoms with van der Waals surface area (Å²) in [7, 11) is 0. The zero-order valence-corrected chi connectivity index (χ0v) is 10.1. The lowest BCUT2D eigenvalue weighted by Gasteiger charge is -2.07. The second-order valence-corrected chi connectivity index (χ2v) is 4.54. The maximum atomic E-state index is 10.7.